The molecule has 1 aliphatic heterocycles. The fourth-order valence-electron chi connectivity index (χ4n) is 2.41. The predicted molar refractivity (Wildman–Crippen MR) is 76.7 cm³/mol. The van der Waals surface area contributed by atoms with Crippen molar-refractivity contribution in [1.82, 2.24) is 10.3 Å². The standard InChI is InChI=1S/C14H21BrN2O/c1-2-5-17-13(14-4-3-6-18-14)8-11-7-12(15)10-16-9-11/h7,9-10,13-14,17H,2-6,8H2,1H3. The van der Waals surface area contributed by atoms with Gasteiger partial charge in [0.1, 0.15) is 0 Å². The lowest BCUT2D eigenvalue weighted by molar-refractivity contribution is 0.0784. The van der Waals surface area contributed by atoms with Crippen LogP contribution in [0.15, 0.2) is 22.9 Å². The van der Waals surface area contributed by atoms with Gasteiger partial charge in [-0.2, -0.15) is 0 Å². The molecule has 0 amide bonds. The molecule has 4 heteroatoms. The number of nitrogens with zero attached hydrogens (tertiary/aromatic N) is 1. The van der Waals surface area contributed by atoms with Crippen LogP contribution in [0.4, 0.5) is 0 Å². The van der Waals surface area contributed by atoms with E-state index >= 15 is 0 Å². The second kappa shape index (κ2) is 7.22. The number of pyridine rings is 1. The molecule has 0 radical (unpaired) electrons. The van der Waals surface area contributed by atoms with Gasteiger partial charge in [-0.3, -0.25) is 4.98 Å². The van der Waals surface area contributed by atoms with Crippen LogP contribution >= 0.6 is 15.9 Å². The van der Waals surface area contributed by atoms with Gasteiger partial charge < -0.3 is 10.1 Å². The summed E-state index contributed by atoms with van der Waals surface area (Å²) >= 11 is 3.47. The van der Waals surface area contributed by atoms with Crippen molar-refractivity contribution in [3.8, 4) is 0 Å². The molecule has 0 bridgehead atoms. The van der Waals surface area contributed by atoms with Crippen molar-refractivity contribution in [2.45, 2.75) is 44.8 Å². The summed E-state index contributed by atoms with van der Waals surface area (Å²) in [4.78, 5) is 4.23. The Bertz CT molecular complexity index is 367. The van der Waals surface area contributed by atoms with Crippen LogP contribution in [0.3, 0.4) is 0 Å². The highest BCUT2D eigenvalue weighted by Crippen LogP contribution is 2.19. The van der Waals surface area contributed by atoms with Crippen molar-refractivity contribution in [1.29, 1.82) is 0 Å². The van der Waals surface area contributed by atoms with Crippen molar-refractivity contribution >= 4 is 15.9 Å². The summed E-state index contributed by atoms with van der Waals surface area (Å²) in [5.41, 5.74) is 1.26. The van der Waals surface area contributed by atoms with Crippen molar-refractivity contribution < 1.29 is 4.74 Å². The van der Waals surface area contributed by atoms with Crippen LogP contribution in [-0.2, 0) is 11.2 Å². The lowest BCUT2D eigenvalue weighted by atomic mass is 10.0. The van der Waals surface area contributed by atoms with Crippen molar-refractivity contribution in [3.05, 3.63) is 28.5 Å². The number of aromatic nitrogens is 1. The van der Waals surface area contributed by atoms with E-state index in [1.807, 2.05) is 12.4 Å². The maximum absolute atomic E-state index is 5.82. The average Bonchev–Trinajstić information content (AvgIpc) is 2.88. The van der Waals surface area contributed by atoms with Crippen molar-refractivity contribution in [3.63, 3.8) is 0 Å². The summed E-state index contributed by atoms with van der Waals surface area (Å²) < 4.78 is 6.86. The van der Waals surface area contributed by atoms with Gasteiger partial charge >= 0.3 is 0 Å². The zero-order valence-corrected chi connectivity index (χ0v) is 12.4. The van der Waals surface area contributed by atoms with Gasteiger partial charge in [-0.25, -0.2) is 0 Å². The van der Waals surface area contributed by atoms with E-state index in [-0.39, 0.29) is 0 Å². The monoisotopic (exact) mass is 312 g/mol. The van der Waals surface area contributed by atoms with Crippen LogP contribution in [0, 0.1) is 0 Å². The molecule has 1 aromatic heterocycles. The van der Waals surface area contributed by atoms with E-state index in [1.54, 1.807) is 0 Å². The summed E-state index contributed by atoms with van der Waals surface area (Å²) in [6, 6.07) is 2.55. The van der Waals surface area contributed by atoms with Gasteiger partial charge in [-0.15, -0.1) is 0 Å². The van der Waals surface area contributed by atoms with Crippen LogP contribution in [0.1, 0.15) is 31.7 Å². The Morgan fingerprint density at radius 2 is 2.44 bits per heavy atom. The smallest absolute Gasteiger partial charge is 0.0732 e. The number of rotatable bonds is 6. The van der Waals surface area contributed by atoms with Gasteiger partial charge in [0, 0.05) is 29.5 Å². The molecule has 0 spiro atoms. The van der Waals surface area contributed by atoms with Crippen molar-refractivity contribution in [2.75, 3.05) is 13.2 Å². The van der Waals surface area contributed by atoms with E-state index in [0.29, 0.717) is 12.1 Å². The third-order valence-electron chi connectivity index (χ3n) is 3.29. The second-order valence-corrected chi connectivity index (χ2v) is 5.74. The summed E-state index contributed by atoms with van der Waals surface area (Å²) in [5.74, 6) is 0. The molecule has 3 nitrogen and oxygen atoms in total. The van der Waals surface area contributed by atoms with Gasteiger partial charge in [0.2, 0.25) is 0 Å². The first-order valence-corrected chi connectivity index (χ1v) is 7.53. The van der Waals surface area contributed by atoms with E-state index < -0.39 is 0 Å². The minimum Gasteiger partial charge on any atom is -0.377 e. The largest absolute Gasteiger partial charge is 0.377 e. The number of ether oxygens (including phenoxy) is 1. The third-order valence-corrected chi connectivity index (χ3v) is 3.72. The van der Waals surface area contributed by atoms with Crippen LogP contribution in [0.5, 0.6) is 0 Å². The summed E-state index contributed by atoms with van der Waals surface area (Å²) in [7, 11) is 0. The van der Waals surface area contributed by atoms with E-state index in [1.165, 1.54) is 18.4 Å². The van der Waals surface area contributed by atoms with Crippen LogP contribution in [-0.4, -0.2) is 30.3 Å². The molecule has 18 heavy (non-hydrogen) atoms. The highest BCUT2D eigenvalue weighted by molar-refractivity contribution is 9.10. The molecule has 0 aliphatic carbocycles. The maximum atomic E-state index is 5.82. The number of hydrogen-bond donors (Lipinski definition) is 1. The molecule has 2 atom stereocenters. The second-order valence-electron chi connectivity index (χ2n) is 4.83. The Morgan fingerprint density at radius 3 is 3.11 bits per heavy atom. The number of halogens is 1. The summed E-state index contributed by atoms with van der Waals surface area (Å²) in [6.45, 7) is 4.15. The number of nitrogens with one attached hydrogen (secondary N) is 1. The lowest BCUT2D eigenvalue weighted by Gasteiger charge is -2.24. The van der Waals surface area contributed by atoms with Gasteiger partial charge in [-0.05, 0) is 59.8 Å². The van der Waals surface area contributed by atoms with E-state index in [0.717, 1.165) is 30.5 Å². The van der Waals surface area contributed by atoms with E-state index in [2.05, 4.69) is 39.2 Å². The summed E-state index contributed by atoms with van der Waals surface area (Å²) in [5, 5.41) is 3.61. The first-order chi connectivity index (χ1) is 8.79. The SMILES string of the molecule is CCCNC(Cc1cncc(Br)c1)C1CCCO1. The molecule has 1 saturated heterocycles. The third kappa shape index (κ3) is 4.04. The fraction of sp³-hybridized carbons (Fsp3) is 0.643. The Balaban J connectivity index is 1.99. The molecule has 2 rings (SSSR count). The molecule has 100 valence electrons. The van der Waals surface area contributed by atoms with Gasteiger partial charge in [0.15, 0.2) is 0 Å². The number of hydrogen-bond acceptors (Lipinski definition) is 3. The van der Waals surface area contributed by atoms with E-state index in [9.17, 15) is 0 Å². The Morgan fingerprint density at radius 1 is 1.56 bits per heavy atom. The van der Waals surface area contributed by atoms with E-state index in [4.69, 9.17) is 4.74 Å². The Labute approximate surface area is 117 Å². The van der Waals surface area contributed by atoms with Crippen LogP contribution in [0.25, 0.3) is 0 Å². The average molecular weight is 313 g/mol. The van der Waals surface area contributed by atoms with Crippen LogP contribution in [0.2, 0.25) is 0 Å². The Hall–Kier alpha value is -0.450. The topological polar surface area (TPSA) is 34.2 Å². The zero-order valence-electron chi connectivity index (χ0n) is 10.9. The first kappa shape index (κ1) is 14.0. The van der Waals surface area contributed by atoms with Crippen LogP contribution < -0.4 is 5.32 Å². The van der Waals surface area contributed by atoms with Gasteiger partial charge in [0.05, 0.1) is 6.10 Å². The lowest BCUT2D eigenvalue weighted by Crippen LogP contribution is -2.41. The first-order valence-electron chi connectivity index (χ1n) is 6.74. The molecular formula is C14H21BrN2O. The summed E-state index contributed by atoms with van der Waals surface area (Å²) in [6.07, 6.45) is 8.62. The highest BCUT2D eigenvalue weighted by Gasteiger charge is 2.25. The zero-order chi connectivity index (χ0) is 12.8. The molecule has 2 heterocycles. The quantitative estimate of drug-likeness (QED) is 0.877. The molecule has 1 aromatic rings. The molecule has 2 unspecified atom stereocenters. The Kier molecular flexibility index (Phi) is 5.60. The van der Waals surface area contributed by atoms with Gasteiger partial charge in [0.25, 0.3) is 0 Å². The van der Waals surface area contributed by atoms with Crippen molar-refractivity contribution in [2.24, 2.45) is 0 Å². The predicted octanol–water partition coefficient (Wildman–Crippen LogP) is 2.93. The molecule has 1 fully saturated rings. The minimum absolute atomic E-state index is 0.357. The highest BCUT2D eigenvalue weighted by atomic mass is 79.9. The fourth-order valence-corrected chi connectivity index (χ4v) is 2.82. The normalized spacial score (nSPS) is 21.1. The molecule has 0 aromatic carbocycles. The molecule has 1 aliphatic rings. The molecular weight excluding hydrogens is 292 g/mol. The maximum Gasteiger partial charge on any atom is 0.0732 e. The minimum atomic E-state index is 0.357. The van der Waals surface area contributed by atoms with Gasteiger partial charge in [-0.1, -0.05) is 6.92 Å². The molecule has 0 saturated carbocycles. The molecule has 1 N–H and O–H groups in total.